The molecule has 1 unspecified atom stereocenters. The molecule has 0 rings (SSSR count). The van der Waals surface area contributed by atoms with Gasteiger partial charge in [0.1, 0.15) is 0 Å². The second-order valence-electron chi connectivity index (χ2n) is 2.83. The fourth-order valence-corrected chi connectivity index (χ4v) is 1.20. The summed E-state index contributed by atoms with van der Waals surface area (Å²) in [6.45, 7) is 5.04. The first kappa shape index (κ1) is 11.9. The van der Waals surface area contributed by atoms with Gasteiger partial charge >= 0.3 is 5.97 Å². The van der Waals surface area contributed by atoms with Crippen LogP contribution >= 0.6 is 0 Å². The predicted octanol–water partition coefficient (Wildman–Crippen LogP) is 1.09. The number of aliphatic carboxylic acids is 1. The fraction of sp³-hybridized carbons (Fsp3) is 0.778. The van der Waals surface area contributed by atoms with Crippen LogP contribution in [0.15, 0.2) is 0 Å². The number of nitrogens with zero attached hydrogens (tertiary/aromatic N) is 2. The Hall–Kier alpha value is -1.08. The van der Waals surface area contributed by atoms with Crippen molar-refractivity contribution in [2.75, 3.05) is 13.1 Å². The lowest BCUT2D eigenvalue weighted by Crippen LogP contribution is -2.35. The van der Waals surface area contributed by atoms with E-state index in [0.29, 0.717) is 6.54 Å². The summed E-state index contributed by atoms with van der Waals surface area (Å²) in [7, 11) is 0. The van der Waals surface area contributed by atoms with Crippen molar-refractivity contribution in [3.63, 3.8) is 0 Å². The summed E-state index contributed by atoms with van der Waals surface area (Å²) in [6, 6.07) is 2.01. The van der Waals surface area contributed by atoms with Crippen molar-refractivity contribution >= 4 is 5.97 Å². The summed E-state index contributed by atoms with van der Waals surface area (Å²) in [5, 5.41) is 17.2. The topological polar surface area (TPSA) is 64.3 Å². The van der Waals surface area contributed by atoms with Gasteiger partial charge in [0.25, 0.3) is 0 Å². The van der Waals surface area contributed by atoms with E-state index in [1.807, 2.05) is 18.7 Å². The summed E-state index contributed by atoms with van der Waals surface area (Å²) in [5.41, 5.74) is 0. The molecule has 0 saturated carbocycles. The molecule has 0 aromatic carbocycles. The van der Waals surface area contributed by atoms with Gasteiger partial charge in [-0.1, -0.05) is 13.8 Å². The smallest absolute Gasteiger partial charge is 0.304 e. The maximum Gasteiger partial charge on any atom is 0.304 e. The molecular formula is C9H16N2O2. The van der Waals surface area contributed by atoms with Gasteiger partial charge in [-0.2, -0.15) is 5.26 Å². The van der Waals surface area contributed by atoms with Crippen LogP contribution in [-0.4, -0.2) is 35.1 Å². The Morgan fingerprint density at radius 3 is 2.54 bits per heavy atom. The number of hydrogen-bond acceptors (Lipinski definition) is 3. The van der Waals surface area contributed by atoms with Crippen LogP contribution in [0.1, 0.15) is 26.7 Å². The van der Waals surface area contributed by atoms with E-state index in [-0.39, 0.29) is 12.5 Å². The minimum absolute atomic E-state index is 0.103. The average molecular weight is 184 g/mol. The summed E-state index contributed by atoms with van der Waals surface area (Å²) >= 11 is 0. The first-order valence-corrected chi connectivity index (χ1v) is 4.51. The normalized spacial score (nSPS) is 12.5. The van der Waals surface area contributed by atoms with Crippen molar-refractivity contribution < 1.29 is 9.90 Å². The lowest BCUT2D eigenvalue weighted by molar-refractivity contribution is -0.137. The monoisotopic (exact) mass is 184 g/mol. The third kappa shape index (κ3) is 4.48. The van der Waals surface area contributed by atoms with Crippen LogP contribution in [0.4, 0.5) is 0 Å². The van der Waals surface area contributed by atoms with E-state index < -0.39 is 5.97 Å². The molecule has 0 radical (unpaired) electrons. The molecular weight excluding hydrogens is 168 g/mol. The third-order valence-corrected chi connectivity index (χ3v) is 2.00. The molecule has 0 aliphatic rings. The molecule has 4 nitrogen and oxygen atoms in total. The van der Waals surface area contributed by atoms with Gasteiger partial charge in [-0.3, -0.25) is 9.69 Å². The van der Waals surface area contributed by atoms with Gasteiger partial charge in [0, 0.05) is 6.54 Å². The minimum atomic E-state index is -0.814. The Morgan fingerprint density at radius 2 is 2.23 bits per heavy atom. The zero-order valence-corrected chi connectivity index (χ0v) is 8.16. The number of carboxylic acids is 1. The van der Waals surface area contributed by atoms with Gasteiger partial charge in [0.2, 0.25) is 0 Å². The number of carboxylic acid groups (broad SMARTS) is 1. The van der Waals surface area contributed by atoms with Gasteiger partial charge < -0.3 is 5.11 Å². The van der Waals surface area contributed by atoms with E-state index in [9.17, 15) is 4.79 Å². The quantitative estimate of drug-likeness (QED) is 0.671. The van der Waals surface area contributed by atoms with E-state index in [0.717, 1.165) is 13.0 Å². The second kappa shape index (κ2) is 6.44. The molecule has 0 bridgehead atoms. The molecule has 0 aromatic rings. The van der Waals surface area contributed by atoms with Crippen molar-refractivity contribution in [3.05, 3.63) is 0 Å². The van der Waals surface area contributed by atoms with E-state index >= 15 is 0 Å². The first-order valence-electron chi connectivity index (χ1n) is 4.51. The Bertz CT molecular complexity index is 198. The Kier molecular flexibility index (Phi) is 5.90. The molecule has 4 heteroatoms. The molecule has 0 heterocycles. The van der Waals surface area contributed by atoms with E-state index in [2.05, 4.69) is 6.07 Å². The number of carbonyl (C=O) groups is 1. The maximum atomic E-state index is 10.3. The minimum Gasteiger partial charge on any atom is -0.481 e. The highest BCUT2D eigenvalue weighted by Gasteiger charge is 2.14. The molecule has 1 atom stereocenters. The molecule has 13 heavy (non-hydrogen) atoms. The molecule has 0 aromatic heterocycles. The van der Waals surface area contributed by atoms with Gasteiger partial charge in [0.05, 0.1) is 18.5 Å². The Labute approximate surface area is 78.8 Å². The van der Waals surface area contributed by atoms with E-state index in [4.69, 9.17) is 10.4 Å². The van der Waals surface area contributed by atoms with Crippen LogP contribution in [0.5, 0.6) is 0 Å². The summed E-state index contributed by atoms with van der Waals surface area (Å²) in [4.78, 5) is 12.2. The molecule has 0 aliphatic heterocycles. The summed E-state index contributed by atoms with van der Waals surface area (Å²) in [6.07, 6.45) is 0.843. The van der Waals surface area contributed by atoms with Crippen LogP contribution in [0.2, 0.25) is 0 Å². The van der Waals surface area contributed by atoms with Gasteiger partial charge in [0.15, 0.2) is 0 Å². The zero-order chi connectivity index (χ0) is 10.3. The van der Waals surface area contributed by atoms with Crippen molar-refractivity contribution in [2.24, 2.45) is 0 Å². The Morgan fingerprint density at radius 1 is 1.62 bits per heavy atom. The molecule has 0 fully saturated rings. The highest BCUT2D eigenvalue weighted by molar-refractivity contribution is 5.66. The highest BCUT2D eigenvalue weighted by atomic mass is 16.4. The van der Waals surface area contributed by atoms with Crippen molar-refractivity contribution in [3.8, 4) is 6.07 Å². The summed E-state index contributed by atoms with van der Waals surface area (Å²) < 4.78 is 0. The number of rotatable bonds is 6. The van der Waals surface area contributed by atoms with Crippen molar-refractivity contribution in [2.45, 2.75) is 32.7 Å². The second-order valence-corrected chi connectivity index (χ2v) is 2.83. The molecule has 74 valence electrons. The summed E-state index contributed by atoms with van der Waals surface area (Å²) in [5.74, 6) is -0.814. The number of hydrogen-bond donors (Lipinski definition) is 1. The zero-order valence-electron chi connectivity index (χ0n) is 8.16. The van der Waals surface area contributed by atoms with Crippen molar-refractivity contribution in [1.29, 1.82) is 5.26 Å². The predicted molar refractivity (Wildman–Crippen MR) is 49.2 cm³/mol. The number of nitriles is 1. The molecule has 0 amide bonds. The lowest BCUT2D eigenvalue weighted by atomic mass is 10.2. The average Bonchev–Trinajstić information content (AvgIpc) is 2.11. The van der Waals surface area contributed by atoms with Crippen molar-refractivity contribution in [1.82, 2.24) is 4.90 Å². The van der Waals surface area contributed by atoms with Crippen LogP contribution in [-0.2, 0) is 4.79 Å². The van der Waals surface area contributed by atoms with Gasteiger partial charge in [-0.25, -0.2) is 0 Å². The van der Waals surface area contributed by atoms with Crippen LogP contribution < -0.4 is 0 Å². The van der Waals surface area contributed by atoms with E-state index in [1.54, 1.807) is 0 Å². The van der Waals surface area contributed by atoms with Crippen LogP contribution in [0.25, 0.3) is 0 Å². The van der Waals surface area contributed by atoms with E-state index in [1.165, 1.54) is 0 Å². The molecule has 1 N–H and O–H groups in total. The third-order valence-electron chi connectivity index (χ3n) is 2.00. The highest BCUT2D eigenvalue weighted by Crippen LogP contribution is 2.03. The molecule has 0 aliphatic carbocycles. The largest absolute Gasteiger partial charge is 0.481 e. The standard InChI is InChI=1S/C9H16N2O2/c1-3-8(7-10)11(4-2)6-5-9(12)13/h8H,3-6H2,1-2H3,(H,12,13). The van der Waals surface area contributed by atoms with Gasteiger partial charge in [-0.15, -0.1) is 0 Å². The fourth-order valence-electron chi connectivity index (χ4n) is 1.20. The Balaban J connectivity index is 4.01. The molecule has 0 saturated heterocycles. The van der Waals surface area contributed by atoms with Crippen LogP contribution in [0.3, 0.4) is 0 Å². The van der Waals surface area contributed by atoms with Gasteiger partial charge in [-0.05, 0) is 13.0 Å². The first-order chi connectivity index (χ1) is 6.15. The van der Waals surface area contributed by atoms with Crippen LogP contribution in [0, 0.1) is 11.3 Å². The SMILES string of the molecule is CCC(C#N)N(CC)CCC(=O)O. The maximum absolute atomic E-state index is 10.3. The molecule has 0 spiro atoms. The lowest BCUT2D eigenvalue weighted by Gasteiger charge is -2.23.